The fourth-order valence-electron chi connectivity index (χ4n) is 4.60. The largest absolute Gasteiger partial charge is 0.390 e. The molecule has 0 saturated heterocycles. The second-order valence-corrected chi connectivity index (χ2v) is 10.6. The van der Waals surface area contributed by atoms with Crippen molar-refractivity contribution in [1.29, 1.82) is 0 Å². The summed E-state index contributed by atoms with van der Waals surface area (Å²) in [5.41, 5.74) is 2.08. The number of aromatic amines is 1. The molecule has 2 aromatic heterocycles. The van der Waals surface area contributed by atoms with Crippen molar-refractivity contribution in [3.05, 3.63) is 50.6 Å². The van der Waals surface area contributed by atoms with Gasteiger partial charge >= 0.3 is 0 Å². The molecular formula is C23H26ClN5O4S. The molecule has 2 amide bonds. The van der Waals surface area contributed by atoms with E-state index in [0.29, 0.717) is 15.7 Å². The Morgan fingerprint density at radius 3 is 2.59 bits per heavy atom. The summed E-state index contributed by atoms with van der Waals surface area (Å²) in [6, 6.07) is 5.88. The topological polar surface area (TPSA) is 131 Å². The Morgan fingerprint density at radius 2 is 1.85 bits per heavy atom. The summed E-state index contributed by atoms with van der Waals surface area (Å²) in [7, 11) is 2.03. The van der Waals surface area contributed by atoms with Gasteiger partial charge in [0.15, 0.2) is 5.01 Å². The summed E-state index contributed by atoms with van der Waals surface area (Å²) in [4.78, 5) is 36.8. The summed E-state index contributed by atoms with van der Waals surface area (Å²) in [5, 5.41) is 28.1. The molecule has 3 aromatic rings. The molecule has 11 heteroatoms. The minimum absolute atomic E-state index is 0.114. The Bertz CT molecular complexity index is 1240. The van der Waals surface area contributed by atoms with Gasteiger partial charge in [0.2, 0.25) is 0 Å². The van der Waals surface area contributed by atoms with Gasteiger partial charge in [0, 0.05) is 40.3 Å². The number of halogens is 1. The zero-order valence-electron chi connectivity index (χ0n) is 18.5. The molecule has 2 aliphatic rings. The fraction of sp³-hybridized carbons (Fsp3) is 0.435. The van der Waals surface area contributed by atoms with E-state index >= 15 is 0 Å². The number of aromatic nitrogens is 2. The standard InChI is InChI=1S/C23H26ClN5O4S/c1-29-5-4-14-20(10-29)34-23(28-14)22(33)27-16-9-19(31)18(30)8-15(16)26-21(32)17-7-11-6-12(24)2-3-13(11)25-17/h2-3,6-7,15-16,18-19,25,30-31H,4-5,8-10H2,1H3,(H,26,32)(H,27,33)/t15-,16+,18+,19-/m1/s1. The maximum Gasteiger partial charge on any atom is 0.280 e. The Kier molecular flexibility index (Phi) is 6.34. The highest BCUT2D eigenvalue weighted by Gasteiger charge is 2.38. The number of carbonyl (C=O) groups is 2. The zero-order valence-corrected chi connectivity index (χ0v) is 20.1. The van der Waals surface area contributed by atoms with Gasteiger partial charge < -0.3 is 30.7 Å². The monoisotopic (exact) mass is 503 g/mol. The van der Waals surface area contributed by atoms with Crippen LogP contribution in [0.1, 0.15) is 43.7 Å². The van der Waals surface area contributed by atoms with Crippen LogP contribution in [-0.2, 0) is 13.0 Å². The predicted molar refractivity (Wildman–Crippen MR) is 129 cm³/mol. The van der Waals surface area contributed by atoms with Crippen LogP contribution in [0.4, 0.5) is 0 Å². The van der Waals surface area contributed by atoms with Gasteiger partial charge in [0.05, 0.1) is 30.0 Å². The minimum atomic E-state index is -0.998. The molecule has 9 nitrogen and oxygen atoms in total. The number of aliphatic hydroxyl groups is 2. The van der Waals surface area contributed by atoms with Crippen LogP contribution in [0.25, 0.3) is 10.9 Å². The number of fused-ring (bicyclic) bond motifs is 2. The van der Waals surface area contributed by atoms with Crippen molar-refractivity contribution in [3.8, 4) is 0 Å². The lowest BCUT2D eigenvalue weighted by Gasteiger charge is -2.37. The summed E-state index contributed by atoms with van der Waals surface area (Å²) in [5.74, 6) is -0.706. The average molecular weight is 504 g/mol. The van der Waals surface area contributed by atoms with E-state index in [1.807, 2.05) is 7.05 Å². The maximum atomic E-state index is 13.0. The molecule has 4 atom stereocenters. The van der Waals surface area contributed by atoms with Crippen molar-refractivity contribution < 1.29 is 19.8 Å². The molecule has 1 saturated carbocycles. The average Bonchev–Trinajstić information content (AvgIpc) is 3.40. The molecule has 34 heavy (non-hydrogen) atoms. The number of rotatable bonds is 4. The second kappa shape index (κ2) is 9.27. The zero-order chi connectivity index (χ0) is 24.0. The number of thiazole rings is 1. The fourth-order valence-corrected chi connectivity index (χ4v) is 5.88. The van der Waals surface area contributed by atoms with Crippen LogP contribution >= 0.6 is 22.9 Å². The highest BCUT2D eigenvalue weighted by Crippen LogP contribution is 2.26. The van der Waals surface area contributed by atoms with Crippen LogP contribution < -0.4 is 10.6 Å². The second-order valence-electron chi connectivity index (χ2n) is 9.06. The molecule has 0 spiro atoms. The van der Waals surface area contributed by atoms with Crippen LogP contribution in [0, 0.1) is 0 Å². The van der Waals surface area contributed by atoms with Crippen molar-refractivity contribution in [2.45, 2.75) is 50.1 Å². The number of aliphatic hydroxyl groups excluding tert-OH is 2. The van der Waals surface area contributed by atoms with Gasteiger partial charge in [-0.25, -0.2) is 4.98 Å². The molecule has 1 aliphatic heterocycles. The van der Waals surface area contributed by atoms with E-state index in [-0.39, 0.29) is 24.7 Å². The summed E-state index contributed by atoms with van der Waals surface area (Å²) in [6.45, 7) is 1.67. The molecule has 5 N–H and O–H groups in total. The van der Waals surface area contributed by atoms with Crippen LogP contribution in [-0.4, -0.2) is 74.8 Å². The summed E-state index contributed by atoms with van der Waals surface area (Å²) < 4.78 is 0. The molecule has 1 aliphatic carbocycles. The van der Waals surface area contributed by atoms with Gasteiger partial charge in [-0.2, -0.15) is 0 Å². The molecule has 1 fully saturated rings. The van der Waals surface area contributed by atoms with Crippen molar-refractivity contribution in [2.75, 3.05) is 13.6 Å². The van der Waals surface area contributed by atoms with Crippen LogP contribution in [0.15, 0.2) is 24.3 Å². The van der Waals surface area contributed by atoms with E-state index in [4.69, 9.17) is 11.6 Å². The number of likely N-dealkylation sites (N-methyl/N-ethyl adjacent to an activating group) is 1. The van der Waals surface area contributed by atoms with Crippen molar-refractivity contribution >= 4 is 45.7 Å². The van der Waals surface area contributed by atoms with E-state index < -0.39 is 24.3 Å². The molecule has 0 radical (unpaired) electrons. The number of nitrogens with zero attached hydrogens (tertiary/aromatic N) is 2. The van der Waals surface area contributed by atoms with Gasteiger partial charge in [-0.15, -0.1) is 11.3 Å². The maximum absolute atomic E-state index is 13.0. The first-order valence-electron chi connectivity index (χ1n) is 11.2. The minimum Gasteiger partial charge on any atom is -0.390 e. The molecule has 0 bridgehead atoms. The third-order valence-electron chi connectivity index (χ3n) is 6.50. The Hall–Kier alpha value is -2.50. The number of carbonyl (C=O) groups excluding carboxylic acids is 2. The smallest absolute Gasteiger partial charge is 0.280 e. The summed E-state index contributed by atoms with van der Waals surface area (Å²) >= 11 is 7.41. The first kappa shape index (κ1) is 23.3. The normalized spacial score (nSPS) is 25.2. The van der Waals surface area contributed by atoms with Crippen molar-refractivity contribution in [3.63, 3.8) is 0 Å². The van der Waals surface area contributed by atoms with Gasteiger partial charge in [0.1, 0.15) is 5.69 Å². The number of amides is 2. The van der Waals surface area contributed by atoms with Crippen LogP contribution in [0.5, 0.6) is 0 Å². The predicted octanol–water partition coefficient (Wildman–Crippen LogP) is 1.68. The molecule has 180 valence electrons. The lowest BCUT2D eigenvalue weighted by atomic mass is 9.86. The molecule has 0 unspecified atom stereocenters. The van der Waals surface area contributed by atoms with E-state index in [9.17, 15) is 19.8 Å². The SMILES string of the molecule is CN1CCc2nc(C(=O)N[C@H]3C[C@@H](O)[C@@H](O)C[C@H]3NC(=O)c3cc4cc(Cl)ccc4[nH]3)sc2C1. The van der Waals surface area contributed by atoms with E-state index in [1.54, 1.807) is 24.3 Å². The molecular weight excluding hydrogens is 478 g/mol. The Morgan fingerprint density at radius 1 is 1.15 bits per heavy atom. The first-order valence-corrected chi connectivity index (χ1v) is 12.4. The Balaban J connectivity index is 1.31. The number of H-pyrrole nitrogens is 1. The van der Waals surface area contributed by atoms with Crippen LogP contribution in [0.2, 0.25) is 5.02 Å². The van der Waals surface area contributed by atoms with Gasteiger partial charge in [-0.1, -0.05) is 11.6 Å². The Labute approximate surface area is 205 Å². The quantitative estimate of drug-likeness (QED) is 0.368. The lowest BCUT2D eigenvalue weighted by molar-refractivity contribution is -0.0275. The van der Waals surface area contributed by atoms with Crippen molar-refractivity contribution in [1.82, 2.24) is 25.5 Å². The number of nitrogens with one attached hydrogen (secondary N) is 3. The highest BCUT2D eigenvalue weighted by molar-refractivity contribution is 7.13. The molecule has 1 aromatic carbocycles. The third kappa shape index (κ3) is 4.69. The molecule has 5 rings (SSSR count). The van der Waals surface area contributed by atoms with E-state index in [2.05, 4.69) is 25.5 Å². The van der Waals surface area contributed by atoms with E-state index in [1.165, 1.54) is 11.3 Å². The lowest BCUT2D eigenvalue weighted by Crippen LogP contribution is -2.59. The summed E-state index contributed by atoms with van der Waals surface area (Å²) in [6.07, 6.45) is -0.954. The van der Waals surface area contributed by atoms with Crippen LogP contribution in [0.3, 0.4) is 0 Å². The van der Waals surface area contributed by atoms with E-state index in [0.717, 1.165) is 41.0 Å². The third-order valence-corrected chi connectivity index (χ3v) is 7.81. The number of hydrogen-bond acceptors (Lipinski definition) is 7. The highest BCUT2D eigenvalue weighted by atomic mass is 35.5. The number of hydrogen-bond donors (Lipinski definition) is 5. The van der Waals surface area contributed by atoms with Gasteiger partial charge in [-0.3, -0.25) is 9.59 Å². The number of benzene rings is 1. The first-order chi connectivity index (χ1) is 16.3. The van der Waals surface area contributed by atoms with Gasteiger partial charge in [-0.05, 0) is 44.2 Å². The van der Waals surface area contributed by atoms with Gasteiger partial charge in [0.25, 0.3) is 11.8 Å². The molecule has 3 heterocycles. The van der Waals surface area contributed by atoms with Crippen molar-refractivity contribution in [2.24, 2.45) is 0 Å².